The topological polar surface area (TPSA) is 46.5 Å². The fourth-order valence-corrected chi connectivity index (χ4v) is 2.96. The predicted octanol–water partition coefficient (Wildman–Crippen LogP) is 3.43. The molecule has 2 rings (SSSR count). The lowest BCUT2D eigenvalue weighted by Crippen LogP contribution is -2.38. The van der Waals surface area contributed by atoms with Crippen LogP contribution in [-0.4, -0.2) is 18.2 Å². The summed E-state index contributed by atoms with van der Waals surface area (Å²) in [4.78, 5) is 11.8. The van der Waals surface area contributed by atoms with Crippen LogP contribution in [0.4, 0.5) is 4.39 Å². The highest BCUT2D eigenvalue weighted by atomic mass is 19.1. The zero-order chi connectivity index (χ0) is 14.0. The minimum Gasteiger partial charge on any atom is -0.496 e. The Hall–Kier alpha value is -1.58. The largest absolute Gasteiger partial charge is 0.496 e. The molecule has 1 N–H and O–H groups in total. The van der Waals surface area contributed by atoms with Crippen molar-refractivity contribution in [3.05, 3.63) is 29.1 Å². The van der Waals surface area contributed by atoms with Crippen molar-refractivity contribution < 1.29 is 19.0 Å². The summed E-state index contributed by atoms with van der Waals surface area (Å²) in [5.74, 6) is -0.860. The van der Waals surface area contributed by atoms with Crippen LogP contribution < -0.4 is 4.74 Å². The van der Waals surface area contributed by atoms with Crippen molar-refractivity contribution in [3.8, 4) is 5.75 Å². The zero-order valence-electron chi connectivity index (χ0n) is 11.3. The van der Waals surface area contributed by atoms with Gasteiger partial charge in [-0.05, 0) is 31.4 Å². The Morgan fingerprint density at radius 1 is 1.32 bits per heavy atom. The van der Waals surface area contributed by atoms with Crippen LogP contribution in [0.3, 0.4) is 0 Å². The number of carbonyl (C=O) groups is 1. The molecule has 0 bridgehead atoms. The van der Waals surface area contributed by atoms with Crippen molar-refractivity contribution in [1.29, 1.82) is 0 Å². The summed E-state index contributed by atoms with van der Waals surface area (Å²) >= 11 is 0. The van der Waals surface area contributed by atoms with Gasteiger partial charge in [0.05, 0.1) is 12.5 Å². The maximum absolute atomic E-state index is 13.6. The van der Waals surface area contributed by atoms with Gasteiger partial charge in [0.25, 0.3) is 0 Å². The summed E-state index contributed by atoms with van der Waals surface area (Å²) in [5, 5.41) is 9.67. The Morgan fingerprint density at radius 2 is 1.95 bits per heavy atom. The van der Waals surface area contributed by atoms with Crippen molar-refractivity contribution in [1.82, 2.24) is 0 Å². The second-order valence-corrected chi connectivity index (χ2v) is 5.25. The minimum atomic E-state index is -0.929. The lowest BCUT2D eigenvalue weighted by atomic mass is 9.69. The normalized spacial score (nSPS) is 18.1. The summed E-state index contributed by atoms with van der Waals surface area (Å²) in [6.07, 6.45) is 3.99. The number of methoxy groups -OCH3 is 1. The Labute approximate surface area is 112 Å². The molecule has 0 radical (unpaired) electrons. The van der Waals surface area contributed by atoms with Crippen molar-refractivity contribution in [2.24, 2.45) is 0 Å². The second kappa shape index (κ2) is 5.19. The van der Waals surface area contributed by atoms with Gasteiger partial charge in [0.2, 0.25) is 0 Å². The van der Waals surface area contributed by atoms with Crippen molar-refractivity contribution in [2.45, 2.75) is 44.4 Å². The van der Waals surface area contributed by atoms with Crippen LogP contribution in [0.1, 0.15) is 43.2 Å². The van der Waals surface area contributed by atoms with Crippen LogP contribution >= 0.6 is 0 Å². The Kier molecular flexibility index (Phi) is 3.78. The van der Waals surface area contributed by atoms with Crippen molar-refractivity contribution in [3.63, 3.8) is 0 Å². The first kappa shape index (κ1) is 13.8. The molecule has 0 saturated heterocycles. The van der Waals surface area contributed by atoms with Crippen LogP contribution in [-0.2, 0) is 10.2 Å². The molecule has 0 unspecified atom stereocenters. The van der Waals surface area contributed by atoms with E-state index in [1.54, 1.807) is 13.0 Å². The minimum absolute atomic E-state index is 0.340. The van der Waals surface area contributed by atoms with Gasteiger partial charge in [-0.25, -0.2) is 4.39 Å². The first-order valence-electron chi connectivity index (χ1n) is 6.59. The van der Waals surface area contributed by atoms with Gasteiger partial charge in [0, 0.05) is 11.6 Å². The average Bonchev–Trinajstić information content (AvgIpc) is 2.42. The van der Waals surface area contributed by atoms with Gasteiger partial charge in [-0.1, -0.05) is 19.3 Å². The molecule has 0 amide bonds. The van der Waals surface area contributed by atoms with E-state index in [1.165, 1.54) is 13.2 Å². The average molecular weight is 266 g/mol. The summed E-state index contributed by atoms with van der Waals surface area (Å²) in [6.45, 7) is 1.65. The third-order valence-electron chi connectivity index (χ3n) is 4.11. The SMILES string of the molecule is COc1cc(F)c(C)cc1C1(C(=O)O)CCCCC1. The Morgan fingerprint density at radius 3 is 2.47 bits per heavy atom. The Balaban J connectivity index is 2.59. The number of hydrogen-bond donors (Lipinski definition) is 1. The summed E-state index contributed by atoms with van der Waals surface area (Å²) in [5.41, 5.74) is 0.144. The maximum Gasteiger partial charge on any atom is 0.314 e. The fraction of sp³-hybridized carbons (Fsp3) is 0.533. The van der Waals surface area contributed by atoms with Crippen LogP contribution in [0, 0.1) is 12.7 Å². The van der Waals surface area contributed by atoms with Gasteiger partial charge in [-0.15, -0.1) is 0 Å². The van der Waals surface area contributed by atoms with E-state index < -0.39 is 11.4 Å². The molecule has 0 atom stereocenters. The van der Waals surface area contributed by atoms with Gasteiger partial charge in [0.15, 0.2) is 0 Å². The van der Waals surface area contributed by atoms with Crippen LogP contribution in [0.5, 0.6) is 5.75 Å². The quantitative estimate of drug-likeness (QED) is 0.911. The maximum atomic E-state index is 13.6. The number of hydrogen-bond acceptors (Lipinski definition) is 2. The first-order chi connectivity index (χ1) is 9.01. The highest BCUT2D eigenvalue weighted by Crippen LogP contribution is 2.44. The molecule has 0 aliphatic heterocycles. The Bertz CT molecular complexity index is 490. The third-order valence-corrected chi connectivity index (χ3v) is 4.11. The molecule has 1 aromatic carbocycles. The van der Waals surface area contributed by atoms with Gasteiger partial charge >= 0.3 is 5.97 Å². The molecule has 0 heterocycles. The van der Waals surface area contributed by atoms with Crippen LogP contribution in [0.2, 0.25) is 0 Å². The summed E-state index contributed by atoms with van der Waals surface area (Å²) in [7, 11) is 1.45. The first-order valence-corrected chi connectivity index (χ1v) is 6.59. The molecular formula is C15H19FO3. The fourth-order valence-electron chi connectivity index (χ4n) is 2.96. The number of aryl methyl sites for hydroxylation is 1. The molecule has 4 heteroatoms. The van der Waals surface area contributed by atoms with E-state index >= 15 is 0 Å². The molecule has 19 heavy (non-hydrogen) atoms. The predicted molar refractivity (Wildman–Crippen MR) is 70.1 cm³/mol. The van der Waals surface area contributed by atoms with E-state index in [0.29, 0.717) is 29.7 Å². The van der Waals surface area contributed by atoms with E-state index in [1.807, 2.05) is 0 Å². The number of halogens is 1. The van der Waals surface area contributed by atoms with Gasteiger partial charge in [-0.2, -0.15) is 0 Å². The number of aliphatic carboxylic acids is 1. The van der Waals surface area contributed by atoms with Gasteiger partial charge in [-0.3, -0.25) is 4.79 Å². The van der Waals surface area contributed by atoms with Crippen molar-refractivity contribution >= 4 is 5.97 Å². The number of carboxylic acid groups (broad SMARTS) is 1. The van der Waals surface area contributed by atoms with Crippen molar-refractivity contribution in [2.75, 3.05) is 7.11 Å². The van der Waals surface area contributed by atoms with Crippen LogP contribution in [0.15, 0.2) is 12.1 Å². The smallest absolute Gasteiger partial charge is 0.314 e. The number of benzene rings is 1. The lowest BCUT2D eigenvalue weighted by Gasteiger charge is -2.34. The molecule has 104 valence electrons. The zero-order valence-corrected chi connectivity index (χ0v) is 11.3. The van der Waals surface area contributed by atoms with E-state index in [0.717, 1.165) is 19.3 Å². The molecule has 0 aromatic heterocycles. The molecule has 1 fully saturated rings. The summed E-state index contributed by atoms with van der Waals surface area (Å²) in [6, 6.07) is 2.93. The molecule has 1 aliphatic rings. The van der Waals surface area contributed by atoms with E-state index in [2.05, 4.69) is 0 Å². The monoisotopic (exact) mass is 266 g/mol. The van der Waals surface area contributed by atoms with E-state index in [4.69, 9.17) is 4.74 Å². The third kappa shape index (κ3) is 2.31. The highest BCUT2D eigenvalue weighted by molar-refractivity contribution is 5.82. The van der Waals surface area contributed by atoms with E-state index in [9.17, 15) is 14.3 Å². The van der Waals surface area contributed by atoms with E-state index in [-0.39, 0.29) is 5.82 Å². The molecular weight excluding hydrogens is 247 g/mol. The number of carboxylic acids is 1. The van der Waals surface area contributed by atoms with Gasteiger partial charge < -0.3 is 9.84 Å². The molecule has 0 spiro atoms. The van der Waals surface area contributed by atoms with Gasteiger partial charge in [0.1, 0.15) is 11.6 Å². The molecule has 1 aliphatic carbocycles. The molecule has 1 saturated carbocycles. The van der Waals surface area contributed by atoms with Crippen LogP contribution in [0.25, 0.3) is 0 Å². The molecule has 3 nitrogen and oxygen atoms in total. The number of ether oxygens (including phenoxy) is 1. The molecule has 1 aromatic rings. The highest BCUT2D eigenvalue weighted by Gasteiger charge is 2.43. The number of rotatable bonds is 3. The standard InChI is InChI=1S/C15H19FO3/c1-10-8-11(13(19-2)9-12(10)16)15(14(17)18)6-4-3-5-7-15/h8-9H,3-7H2,1-2H3,(H,17,18). The second-order valence-electron chi connectivity index (χ2n) is 5.25. The lowest BCUT2D eigenvalue weighted by molar-refractivity contribution is -0.145. The summed E-state index contributed by atoms with van der Waals surface area (Å²) < 4.78 is 18.8.